The Labute approximate surface area is 126 Å². The van der Waals surface area contributed by atoms with Crippen LogP contribution in [0.25, 0.3) is 0 Å². The van der Waals surface area contributed by atoms with Gasteiger partial charge < -0.3 is 4.42 Å². The topological polar surface area (TPSA) is 63.4 Å². The van der Waals surface area contributed by atoms with Crippen molar-refractivity contribution in [1.82, 2.24) is 9.29 Å². The summed E-state index contributed by atoms with van der Waals surface area (Å²) in [4.78, 5) is 3.95. The third-order valence-electron chi connectivity index (χ3n) is 3.10. The molecule has 0 aliphatic carbocycles. The molecular weight excluding hydrogens is 344 g/mol. The van der Waals surface area contributed by atoms with Gasteiger partial charge in [0, 0.05) is 25.5 Å². The van der Waals surface area contributed by atoms with E-state index in [1.54, 1.807) is 25.5 Å². The van der Waals surface area contributed by atoms with E-state index in [0.29, 0.717) is 11.1 Å². The van der Waals surface area contributed by atoms with Crippen molar-refractivity contribution in [1.29, 1.82) is 0 Å². The van der Waals surface area contributed by atoms with Crippen LogP contribution < -0.4 is 0 Å². The molecule has 2 rings (SSSR count). The minimum atomic E-state index is -3.66. The van der Waals surface area contributed by atoms with Gasteiger partial charge in [0.15, 0.2) is 4.67 Å². The maximum absolute atomic E-state index is 12.5. The summed E-state index contributed by atoms with van der Waals surface area (Å²) in [6.45, 7) is 1.94. The number of halogens is 1. The van der Waals surface area contributed by atoms with Crippen LogP contribution in [0.2, 0.25) is 0 Å². The van der Waals surface area contributed by atoms with Gasteiger partial charge in [-0.1, -0.05) is 6.92 Å². The summed E-state index contributed by atoms with van der Waals surface area (Å²) in [5.74, 6) is 0. The lowest BCUT2D eigenvalue weighted by Gasteiger charge is -2.25. The number of hydrogen-bond donors (Lipinski definition) is 0. The first-order valence-electron chi connectivity index (χ1n) is 6.10. The van der Waals surface area contributed by atoms with Crippen molar-refractivity contribution < 1.29 is 12.8 Å². The van der Waals surface area contributed by atoms with Gasteiger partial charge in [0.25, 0.3) is 10.0 Å². The van der Waals surface area contributed by atoms with Gasteiger partial charge in [0.05, 0.1) is 0 Å². The van der Waals surface area contributed by atoms with Crippen LogP contribution in [0, 0.1) is 0 Å². The number of aromatic nitrogens is 1. The zero-order chi connectivity index (χ0) is 14.8. The van der Waals surface area contributed by atoms with E-state index in [1.807, 2.05) is 19.1 Å². The Balaban J connectivity index is 2.36. The van der Waals surface area contributed by atoms with Crippen LogP contribution in [0.5, 0.6) is 0 Å². The second-order valence-electron chi connectivity index (χ2n) is 4.28. The average Bonchev–Trinajstić information content (AvgIpc) is 2.88. The van der Waals surface area contributed by atoms with Gasteiger partial charge in [0.2, 0.25) is 5.09 Å². The van der Waals surface area contributed by atoms with Gasteiger partial charge in [-0.15, -0.1) is 0 Å². The first-order chi connectivity index (χ1) is 9.46. The van der Waals surface area contributed by atoms with E-state index in [0.717, 1.165) is 5.56 Å². The average molecular weight is 359 g/mol. The van der Waals surface area contributed by atoms with Crippen LogP contribution in [0.15, 0.2) is 50.8 Å². The molecule has 5 nitrogen and oxygen atoms in total. The molecule has 2 heterocycles. The Bertz CT molecular complexity index is 670. The van der Waals surface area contributed by atoms with Crippen molar-refractivity contribution >= 4 is 26.0 Å². The molecule has 0 saturated heterocycles. The summed E-state index contributed by atoms with van der Waals surface area (Å²) in [5, 5.41) is -0.0700. The van der Waals surface area contributed by atoms with E-state index < -0.39 is 10.0 Å². The van der Waals surface area contributed by atoms with Crippen LogP contribution >= 0.6 is 15.9 Å². The van der Waals surface area contributed by atoms with Gasteiger partial charge in [0.1, 0.15) is 0 Å². The molecule has 7 heteroatoms. The molecule has 0 saturated carbocycles. The second-order valence-corrected chi connectivity index (χ2v) is 6.99. The highest BCUT2D eigenvalue weighted by molar-refractivity contribution is 9.10. The van der Waals surface area contributed by atoms with Gasteiger partial charge in [-0.25, -0.2) is 8.42 Å². The number of nitrogens with zero attached hydrogens (tertiary/aromatic N) is 2. The largest absolute Gasteiger partial charge is 0.437 e. The molecule has 0 aliphatic heterocycles. The number of hydrogen-bond acceptors (Lipinski definition) is 4. The predicted molar refractivity (Wildman–Crippen MR) is 78.6 cm³/mol. The van der Waals surface area contributed by atoms with Crippen molar-refractivity contribution in [2.75, 3.05) is 7.05 Å². The highest BCUT2D eigenvalue weighted by Crippen LogP contribution is 2.29. The Morgan fingerprint density at radius 1 is 1.30 bits per heavy atom. The van der Waals surface area contributed by atoms with Crippen molar-refractivity contribution in [2.45, 2.75) is 24.5 Å². The third kappa shape index (κ3) is 2.94. The number of furan rings is 1. The molecule has 2 aromatic rings. The van der Waals surface area contributed by atoms with Crippen molar-refractivity contribution in [3.63, 3.8) is 0 Å². The third-order valence-corrected chi connectivity index (χ3v) is 5.27. The van der Waals surface area contributed by atoms with E-state index in [9.17, 15) is 8.42 Å². The van der Waals surface area contributed by atoms with Crippen LogP contribution in [-0.4, -0.2) is 24.8 Å². The maximum Gasteiger partial charge on any atom is 0.276 e. The predicted octanol–water partition coefficient (Wildman–Crippen LogP) is 3.21. The Morgan fingerprint density at radius 3 is 2.45 bits per heavy atom. The highest BCUT2D eigenvalue weighted by Gasteiger charge is 2.30. The van der Waals surface area contributed by atoms with Crippen LogP contribution in [0.1, 0.15) is 24.9 Å². The van der Waals surface area contributed by atoms with Gasteiger partial charge in [-0.05, 0) is 52.2 Å². The molecule has 108 valence electrons. The molecule has 0 radical (unpaired) electrons. The van der Waals surface area contributed by atoms with Crippen LogP contribution in [-0.2, 0) is 10.0 Å². The molecule has 1 unspecified atom stereocenters. The van der Waals surface area contributed by atoms with Crippen molar-refractivity contribution in [3.8, 4) is 0 Å². The number of rotatable bonds is 5. The zero-order valence-corrected chi connectivity index (χ0v) is 13.6. The molecular formula is C13H15BrN2O3S. The molecule has 0 amide bonds. The lowest BCUT2D eigenvalue weighted by Crippen LogP contribution is -2.30. The molecule has 0 bridgehead atoms. The maximum atomic E-state index is 12.5. The van der Waals surface area contributed by atoms with E-state index in [4.69, 9.17) is 4.42 Å². The molecule has 2 aromatic heterocycles. The van der Waals surface area contributed by atoms with Crippen molar-refractivity contribution in [3.05, 3.63) is 46.9 Å². The fourth-order valence-electron chi connectivity index (χ4n) is 2.03. The minimum absolute atomic E-state index is 0.0700. The van der Waals surface area contributed by atoms with Crippen LogP contribution in [0.3, 0.4) is 0 Å². The standard InChI is InChI=1S/C13H15BrN2O3S/c1-3-11(10-6-8-15-9-7-10)16(2)20(17,18)13-5-4-12(14)19-13/h4-9,11H,3H2,1-2H3. The molecule has 0 fully saturated rings. The van der Waals surface area contributed by atoms with Gasteiger partial charge in [-0.2, -0.15) is 4.31 Å². The summed E-state index contributed by atoms with van der Waals surface area (Å²) in [6, 6.07) is 6.38. The first-order valence-corrected chi connectivity index (χ1v) is 8.33. The summed E-state index contributed by atoms with van der Waals surface area (Å²) in [5.41, 5.74) is 0.902. The van der Waals surface area contributed by atoms with Gasteiger partial charge >= 0.3 is 0 Å². The lowest BCUT2D eigenvalue weighted by molar-refractivity contribution is 0.344. The summed E-state index contributed by atoms with van der Waals surface area (Å²) >= 11 is 3.11. The molecule has 0 aliphatic rings. The van der Waals surface area contributed by atoms with E-state index in [-0.39, 0.29) is 11.1 Å². The number of sulfonamides is 1. The summed E-state index contributed by atoms with van der Waals surface area (Å²) in [6.07, 6.45) is 3.96. The monoisotopic (exact) mass is 358 g/mol. The summed E-state index contributed by atoms with van der Waals surface area (Å²) < 4.78 is 31.9. The Kier molecular flexibility index (Phi) is 4.62. The molecule has 20 heavy (non-hydrogen) atoms. The quantitative estimate of drug-likeness (QED) is 0.822. The van der Waals surface area contributed by atoms with Crippen molar-refractivity contribution in [2.24, 2.45) is 0 Å². The summed E-state index contributed by atoms with van der Waals surface area (Å²) in [7, 11) is -2.11. The first kappa shape index (κ1) is 15.2. The second kappa shape index (κ2) is 6.07. The zero-order valence-electron chi connectivity index (χ0n) is 11.2. The van der Waals surface area contributed by atoms with E-state index in [2.05, 4.69) is 20.9 Å². The molecule has 1 atom stereocenters. The minimum Gasteiger partial charge on any atom is -0.437 e. The normalized spacial score (nSPS) is 13.6. The van der Waals surface area contributed by atoms with E-state index >= 15 is 0 Å². The molecule has 0 N–H and O–H groups in total. The molecule has 0 aromatic carbocycles. The number of pyridine rings is 1. The Morgan fingerprint density at radius 2 is 1.95 bits per heavy atom. The lowest BCUT2D eigenvalue weighted by atomic mass is 10.1. The van der Waals surface area contributed by atoms with E-state index in [1.165, 1.54) is 10.4 Å². The smallest absolute Gasteiger partial charge is 0.276 e. The SMILES string of the molecule is CCC(c1ccncc1)N(C)S(=O)(=O)c1ccc(Br)o1. The molecule has 0 spiro atoms. The fraction of sp³-hybridized carbons (Fsp3) is 0.308. The fourth-order valence-corrected chi connectivity index (χ4v) is 3.77. The highest BCUT2D eigenvalue weighted by atomic mass is 79.9. The Hall–Kier alpha value is -1.18. The van der Waals surface area contributed by atoms with Gasteiger partial charge in [-0.3, -0.25) is 4.98 Å². The van der Waals surface area contributed by atoms with Crippen LogP contribution in [0.4, 0.5) is 0 Å².